The first kappa shape index (κ1) is 13.7. The average molecular weight is 269 g/mol. The monoisotopic (exact) mass is 269 g/mol. The Morgan fingerprint density at radius 3 is 2.89 bits per heavy atom. The van der Waals surface area contributed by atoms with Crippen molar-refractivity contribution in [2.75, 3.05) is 13.7 Å². The predicted molar refractivity (Wildman–Crippen MR) is 67.4 cm³/mol. The van der Waals surface area contributed by atoms with Crippen molar-refractivity contribution >= 4 is 11.9 Å². The van der Waals surface area contributed by atoms with E-state index in [4.69, 9.17) is 14.2 Å². The molecule has 0 fully saturated rings. The van der Waals surface area contributed by atoms with E-state index in [-0.39, 0.29) is 12.6 Å². The molecule has 0 bridgehead atoms. The largest absolute Gasteiger partial charge is 0.478 e. The van der Waals surface area contributed by atoms with E-state index in [1.807, 2.05) is 6.92 Å². The van der Waals surface area contributed by atoms with Crippen molar-refractivity contribution in [1.29, 1.82) is 0 Å². The lowest BCUT2D eigenvalue weighted by Crippen LogP contribution is -2.24. The number of esters is 1. The van der Waals surface area contributed by atoms with Crippen LogP contribution in [-0.4, -0.2) is 37.4 Å². The minimum atomic E-state index is -0.535. The zero-order valence-electron chi connectivity index (χ0n) is 11.3. The van der Waals surface area contributed by atoms with Crippen LogP contribution in [0, 0.1) is 0 Å². The Balaban J connectivity index is 1.65. The van der Waals surface area contributed by atoms with Crippen LogP contribution in [0.5, 0.6) is 0 Å². The van der Waals surface area contributed by atoms with E-state index in [1.54, 1.807) is 12.5 Å². The van der Waals surface area contributed by atoms with Crippen molar-refractivity contribution in [2.24, 2.45) is 4.99 Å². The molecule has 2 heterocycles. The third-order valence-corrected chi connectivity index (χ3v) is 3.14. The molecule has 0 radical (unpaired) electrons. The van der Waals surface area contributed by atoms with E-state index in [0.29, 0.717) is 5.90 Å². The van der Waals surface area contributed by atoms with E-state index in [1.165, 1.54) is 7.11 Å². The fourth-order valence-electron chi connectivity index (χ4n) is 2.03. The third kappa shape index (κ3) is 3.62. The molecule has 0 N–H and O–H groups in total. The van der Waals surface area contributed by atoms with Gasteiger partial charge in [-0.05, 0) is 12.8 Å². The second kappa shape index (κ2) is 5.95. The van der Waals surface area contributed by atoms with Crippen molar-refractivity contribution < 1.29 is 23.7 Å². The Morgan fingerprint density at radius 1 is 1.47 bits per heavy atom. The zero-order chi connectivity index (χ0) is 13.7. The molecule has 0 aromatic carbocycles. The lowest BCUT2D eigenvalue weighted by atomic mass is 10.1. The van der Waals surface area contributed by atoms with Crippen LogP contribution >= 0.6 is 0 Å². The highest BCUT2D eigenvalue weighted by atomic mass is 16.7. The molecule has 2 aliphatic heterocycles. The molecule has 0 aromatic rings. The molecule has 6 nitrogen and oxygen atoms in total. The fraction of sp³-hybridized carbons (Fsp3) is 0.692. The molecule has 19 heavy (non-hydrogen) atoms. The second-order valence-corrected chi connectivity index (χ2v) is 4.72. The molecule has 6 heteroatoms. The summed E-state index contributed by atoms with van der Waals surface area (Å²) in [5.74, 6) is -0.249. The Bertz CT molecular complexity index is 382. The van der Waals surface area contributed by atoms with E-state index in [0.717, 1.165) is 25.7 Å². The molecule has 0 saturated heterocycles. The van der Waals surface area contributed by atoms with Crippen LogP contribution in [0.2, 0.25) is 0 Å². The SMILES string of the molecule is COC(=O)C1COC(CCCCC2(C)OC=CO2)=N1. The van der Waals surface area contributed by atoms with Gasteiger partial charge in [-0.25, -0.2) is 9.79 Å². The number of unbranched alkanes of at least 4 members (excludes halogenated alkanes) is 1. The summed E-state index contributed by atoms with van der Waals surface area (Å²) in [5.41, 5.74) is 0. The second-order valence-electron chi connectivity index (χ2n) is 4.72. The van der Waals surface area contributed by atoms with Crippen molar-refractivity contribution in [2.45, 2.75) is 44.4 Å². The van der Waals surface area contributed by atoms with Crippen molar-refractivity contribution in [1.82, 2.24) is 0 Å². The molecule has 1 atom stereocenters. The van der Waals surface area contributed by atoms with Crippen LogP contribution in [0.4, 0.5) is 0 Å². The van der Waals surface area contributed by atoms with Crippen molar-refractivity contribution in [3.8, 4) is 0 Å². The molecular weight excluding hydrogens is 250 g/mol. The smallest absolute Gasteiger partial charge is 0.334 e. The summed E-state index contributed by atoms with van der Waals surface area (Å²) in [4.78, 5) is 15.4. The highest BCUT2D eigenvalue weighted by Gasteiger charge is 2.29. The minimum absolute atomic E-state index is 0.288. The number of methoxy groups -OCH3 is 1. The maximum absolute atomic E-state index is 11.3. The van der Waals surface area contributed by atoms with Crippen LogP contribution in [0.3, 0.4) is 0 Å². The van der Waals surface area contributed by atoms with Gasteiger partial charge in [-0.15, -0.1) is 0 Å². The number of ether oxygens (including phenoxy) is 4. The summed E-state index contributed by atoms with van der Waals surface area (Å²) < 4.78 is 20.7. The van der Waals surface area contributed by atoms with Gasteiger partial charge in [0.1, 0.15) is 19.1 Å². The van der Waals surface area contributed by atoms with Crippen LogP contribution in [-0.2, 0) is 23.7 Å². The highest BCUT2D eigenvalue weighted by Crippen LogP contribution is 2.26. The fourth-order valence-corrected chi connectivity index (χ4v) is 2.03. The molecule has 0 aromatic heterocycles. The topological polar surface area (TPSA) is 66.4 Å². The van der Waals surface area contributed by atoms with Gasteiger partial charge in [0, 0.05) is 19.8 Å². The van der Waals surface area contributed by atoms with Gasteiger partial charge in [0.2, 0.25) is 5.79 Å². The Hall–Kier alpha value is -1.72. The van der Waals surface area contributed by atoms with Gasteiger partial charge in [-0.1, -0.05) is 0 Å². The quantitative estimate of drug-likeness (QED) is 0.543. The minimum Gasteiger partial charge on any atom is -0.478 e. The van der Waals surface area contributed by atoms with Crippen LogP contribution in [0.25, 0.3) is 0 Å². The maximum Gasteiger partial charge on any atom is 0.334 e. The zero-order valence-corrected chi connectivity index (χ0v) is 11.3. The Morgan fingerprint density at radius 2 is 2.21 bits per heavy atom. The number of nitrogens with zero attached hydrogens (tertiary/aromatic N) is 1. The first-order chi connectivity index (χ1) is 9.13. The number of aliphatic imine (C=N–C) groups is 1. The summed E-state index contributed by atoms with van der Waals surface area (Å²) in [6.45, 7) is 2.19. The molecule has 2 aliphatic rings. The summed E-state index contributed by atoms with van der Waals surface area (Å²) in [7, 11) is 1.35. The van der Waals surface area contributed by atoms with Gasteiger partial charge in [-0.2, -0.15) is 0 Å². The van der Waals surface area contributed by atoms with E-state index in [9.17, 15) is 4.79 Å². The van der Waals surface area contributed by atoms with Gasteiger partial charge in [-0.3, -0.25) is 0 Å². The maximum atomic E-state index is 11.3. The highest BCUT2D eigenvalue weighted by molar-refractivity contribution is 5.85. The van der Waals surface area contributed by atoms with Gasteiger partial charge in [0.15, 0.2) is 11.9 Å². The van der Waals surface area contributed by atoms with Gasteiger partial charge in [0.05, 0.1) is 7.11 Å². The lowest BCUT2D eigenvalue weighted by molar-refractivity contribution is -0.142. The Labute approximate surface area is 112 Å². The Kier molecular flexibility index (Phi) is 4.29. The van der Waals surface area contributed by atoms with Crippen LogP contribution < -0.4 is 0 Å². The van der Waals surface area contributed by atoms with Crippen LogP contribution in [0.1, 0.15) is 32.6 Å². The molecule has 0 amide bonds. The van der Waals surface area contributed by atoms with E-state index < -0.39 is 11.8 Å². The third-order valence-electron chi connectivity index (χ3n) is 3.14. The molecule has 2 rings (SSSR count). The van der Waals surface area contributed by atoms with Crippen molar-refractivity contribution in [3.63, 3.8) is 0 Å². The predicted octanol–water partition coefficient (Wildman–Crippen LogP) is 1.75. The number of hydrogen-bond acceptors (Lipinski definition) is 6. The summed E-state index contributed by atoms with van der Waals surface area (Å²) in [6.07, 6.45) is 6.49. The van der Waals surface area contributed by atoms with E-state index >= 15 is 0 Å². The molecule has 0 spiro atoms. The molecule has 1 unspecified atom stereocenters. The first-order valence-corrected chi connectivity index (χ1v) is 6.41. The number of carbonyl (C=O) groups is 1. The molecule has 0 aliphatic carbocycles. The molecule has 106 valence electrons. The average Bonchev–Trinajstić information content (AvgIpc) is 3.03. The normalized spacial score (nSPS) is 23.3. The van der Waals surface area contributed by atoms with Crippen molar-refractivity contribution in [3.05, 3.63) is 12.5 Å². The summed E-state index contributed by atoms with van der Waals surface area (Å²) in [6, 6.07) is -0.497. The van der Waals surface area contributed by atoms with Gasteiger partial charge in [0.25, 0.3) is 0 Å². The lowest BCUT2D eigenvalue weighted by Gasteiger charge is -2.22. The van der Waals surface area contributed by atoms with Crippen LogP contribution in [0.15, 0.2) is 17.5 Å². The molecular formula is C13H19NO5. The standard InChI is InChI=1S/C13H19NO5/c1-13(18-7-8-19-13)6-4-3-5-11-14-10(9-17-11)12(15)16-2/h7-8,10H,3-6,9H2,1-2H3. The summed E-state index contributed by atoms with van der Waals surface area (Å²) >= 11 is 0. The summed E-state index contributed by atoms with van der Waals surface area (Å²) in [5, 5.41) is 0. The number of hydrogen-bond donors (Lipinski definition) is 0. The number of carbonyl (C=O) groups excluding carboxylic acids is 1. The van der Waals surface area contributed by atoms with Gasteiger partial charge < -0.3 is 18.9 Å². The molecule has 0 saturated carbocycles. The van der Waals surface area contributed by atoms with E-state index in [2.05, 4.69) is 9.73 Å². The van der Waals surface area contributed by atoms with Gasteiger partial charge >= 0.3 is 5.97 Å². The first-order valence-electron chi connectivity index (χ1n) is 6.41. The number of rotatable bonds is 6.